The first kappa shape index (κ1) is 16.6. The molecule has 0 aromatic heterocycles. The first-order chi connectivity index (χ1) is 10.8. The fourth-order valence-corrected chi connectivity index (χ4v) is 2.51. The number of rotatable bonds is 4. The molecule has 2 rings (SSSR count). The number of carboxylic acid groups (broad SMARTS) is 1. The van der Waals surface area contributed by atoms with E-state index in [-0.39, 0.29) is 16.2 Å². The van der Waals surface area contributed by atoms with Crippen LogP contribution in [0.2, 0.25) is 0 Å². The summed E-state index contributed by atoms with van der Waals surface area (Å²) in [7, 11) is -4.14. The molecule has 0 spiro atoms. The lowest BCUT2D eigenvalue weighted by molar-refractivity contribution is -0.000515. The van der Waals surface area contributed by atoms with E-state index in [0.717, 1.165) is 17.3 Å². The Morgan fingerprint density at radius 1 is 1.30 bits per heavy atom. The highest BCUT2D eigenvalue weighted by atomic mass is 32.2. The molecule has 0 saturated heterocycles. The topological polar surface area (TPSA) is 120 Å². The predicted octanol–water partition coefficient (Wildman–Crippen LogP) is 2.45. The Morgan fingerprint density at radius 3 is 2.70 bits per heavy atom. The van der Waals surface area contributed by atoms with Crippen molar-refractivity contribution in [3.05, 3.63) is 65.7 Å². The van der Waals surface area contributed by atoms with Crippen LogP contribution in [0.15, 0.2) is 69.1 Å². The van der Waals surface area contributed by atoms with Crippen molar-refractivity contribution in [1.29, 1.82) is 0 Å². The Morgan fingerprint density at radius 2 is 2.04 bits per heavy atom. The second kappa shape index (κ2) is 6.55. The third kappa shape index (κ3) is 3.90. The first-order valence-electron chi connectivity index (χ1n) is 6.35. The van der Waals surface area contributed by atoms with Crippen molar-refractivity contribution < 1.29 is 23.5 Å². The van der Waals surface area contributed by atoms with E-state index < -0.39 is 16.0 Å². The second-order valence-corrected chi connectivity index (χ2v) is 6.14. The maximum absolute atomic E-state index is 12.1. The van der Waals surface area contributed by atoms with Gasteiger partial charge in [0.2, 0.25) is 0 Å². The van der Waals surface area contributed by atoms with Crippen molar-refractivity contribution in [2.45, 2.75) is 11.8 Å². The monoisotopic (exact) mass is 335 g/mol. The minimum absolute atomic E-state index is 0.124. The molecule has 8 nitrogen and oxygen atoms in total. The van der Waals surface area contributed by atoms with Crippen LogP contribution in [-0.2, 0) is 10.0 Å². The molecule has 0 fully saturated rings. The number of carbonyl (C=O) groups is 1. The van der Waals surface area contributed by atoms with E-state index in [4.69, 9.17) is 5.11 Å². The van der Waals surface area contributed by atoms with Crippen LogP contribution in [0.4, 0.5) is 0 Å². The maximum Gasteiger partial charge on any atom is 0.335 e. The molecule has 0 amide bonds. The van der Waals surface area contributed by atoms with E-state index in [2.05, 4.69) is 9.63 Å². The molecular weight excluding hydrogens is 322 g/mol. The largest absolute Gasteiger partial charge is 0.478 e. The average Bonchev–Trinajstić information content (AvgIpc) is 2.49. The number of carboxylic acids is 1. The molecule has 0 saturated carbocycles. The van der Waals surface area contributed by atoms with Crippen LogP contribution in [0, 0.1) is 6.92 Å². The number of hydrogen-bond acceptors (Lipinski definition) is 6. The first-order valence-corrected chi connectivity index (χ1v) is 7.79. The average molecular weight is 335 g/mol. The van der Waals surface area contributed by atoms with Gasteiger partial charge in [-0.3, -0.25) is 5.21 Å². The highest BCUT2D eigenvalue weighted by molar-refractivity contribution is 7.90. The molecule has 0 atom stereocenters. The summed E-state index contributed by atoms with van der Waals surface area (Å²) in [6.07, 6.45) is 7.10. The summed E-state index contributed by atoms with van der Waals surface area (Å²) in [6, 6.07) is 3.67. The van der Waals surface area contributed by atoms with E-state index in [9.17, 15) is 18.4 Å². The SMILES string of the molecule is Cc1ccc(S(=O)(=O)N=NC=C2C=CC=CN2O)cc1C(=O)O. The van der Waals surface area contributed by atoms with Gasteiger partial charge in [-0.25, -0.2) is 9.86 Å². The Hall–Kier alpha value is -2.78. The van der Waals surface area contributed by atoms with Gasteiger partial charge in [-0.05, 0) is 36.8 Å². The molecule has 0 aliphatic carbocycles. The maximum atomic E-state index is 12.1. The van der Waals surface area contributed by atoms with Gasteiger partial charge in [0.15, 0.2) is 0 Å². The van der Waals surface area contributed by atoms with E-state index in [0.29, 0.717) is 5.56 Å². The zero-order chi connectivity index (χ0) is 17.0. The molecule has 2 N–H and O–H groups in total. The number of hydroxylamine groups is 2. The van der Waals surface area contributed by atoms with Crippen molar-refractivity contribution in [1.82, 2.24) is 5.06 Å². The molecule has 1 aromatic carbocycles. The van der Waals surface area contributed by atoms with Crippen molar-refractivity contribution in [2.75, 3.05) is 0 Å². The fraction of sp³-hybridized carbons (Fsp3) is 0.0714. The molecule has 9 heteroatoms. The van der Waals surface area contributed by atoms with Crippen LogP contribution in [0.25, 0.3) is 0 Å². The summed E-state index contributed by atoms with van der Waals surface area (Å²) >= 11 is 0. The normalized spacial score (nSPS) is 16.4. The predicted molar refractivity (Wildman–Crippen MR) is 80.2 cm³/mol. The second-order valence-electron chi connectivity index (χ2n) is 4.55. The Bertz CT molecular complexity index is 853. The van der Waals surface area contributed by atoms with Crippen molar-refractivity contribution in [2.24, 2.45) is 9.63 Å². The van der Waals surface area contributed by atoms with Gasteiger partial charge in [0.1, 0.15) is 0 Å². The van der Waals surface area contributed by atoms with Gasteiger partial charge >= 0.3 is 5.97 Å². The molecule has 1 aliphatic heterocycles. The van der Waals surface area contributed by atoms with Gasteiger partial charge in [-0.2, -0.15) is 8.42 Å². The zero-order valence-corrected chi connectivity index (χ0v) is 12.8. The van der Waals surface area contributed by atoms with Crippen LogP contribution < -0.4 is 0 Å². The van der Waals surface area contributed by atoms with Gasteiger partial charge in [0.25, 0.3) is 10.0 Å². The lowest BCUT2D eigenvalue weighted by Gasteiger charge is -2.13. The van der Waals surface area contributed by atoms with Gasteiger partial charge in [0.05, 0.1) is 22.4 Å². The summed E-state index contributed by atoms with van der Waals surface area (Å²) in [6.45, 7) is 1.56. The Kier molecular flexibility index (Phi) is 4.72. The van der Waals surface area contributed by atoms with Crippen molar-refractivity contribution in [3.63, 3.8) is 0 Å². The molecule has 0 bridgehead atoms. The van der Waals surface area contributed by atoms with Crippen LogP contribution in [-0.4, -0.2) is 29.8 Å². The number of nitrogens with zero attached hydrogens (tertiary/aromatic N) is 3. The summed E-state index contributed by atoms with van der Waals surface area (Å²) in [4.78, 5) is 10.8. The van der Waals surface area contributed by atoms with Crippen molar-refractivity contribution >= 4 is 16.0 Å². The third-order valence-corrected chi connectivity index (χ3v) is 4.11. The number of aromatic carboxylic acids is 1. The number of aryl methyl sites for hydroxylation is 1. The Labute approximate surface area is 132 Å². The van der Waals surface area contributed by atoms with Gasteiger partial charge in [0, 0.05) is 6.20 Å². The fourth-order valence-electron chi connectivity index (χ4n) is 1.73. The van der Waals surface area contributed by atoms with E-state index in [1.54, 1.807) is 19.1 Å². The molecule has 23 heavy (non-hydrogen) atoms. The van der Waals surface area contributed by atoms with Gasteiger partial charge in [-0.1, -0.05) is 16.7 Å². The minimum Gasteiger partial charge on any atom is -0.478 e. The van der Waals surface area contributed by atoms with Crippen LogP contribution in [0.5, 0.6) is 0 Å². The van der Waals surface area contributed by atoms with Crippen molar-refractivity contribution in [3.8, 4) is 0 Å². The molecular formula is C14H13N3O5S. The van der Waals surface area contributed by atoms with E-state index in [1.165, 1.54) is 24.4 Å². The Balaban J connectivity index is 2.29. The highest BCUT2D eigenvalue weighted by Gasteiger charge is 2.17. The summed E-state index contributed by atoms with van der Waals surface area (Å²) < 4.78 is 27.3. The van der Waals surface area contributed by atoms with E-state index >= 15 is 0 Å². The molecule has 1 heterocycles. The van der Waals surface area contributed by atoms with Gasteiger partial charge < -0.3 is 5.11 Å². The number of sulfonamides is 1. The van der Waals surface area contributed by atoms with E-state index in [1.807, 2.05) is 0 Å². The lowest BCUT2D eigenvalue weighted by Crippen LogP contribution is -2.10. The third-order valence-electron chi connectivity index (χ3n) is 2.95. The summed E-state index contributed by atoms with van der Waals surface area (Å²) in [5.41, 5.74) is 0.536. The molecule has 0 unspecified atom stereocenters. The summed E-state index contributed by atoms with van der Waals surface area (Å²) in [5, 5.41) is 22.7. The van der Waals surface area contributed by atoms with Crippen LogP contribution in [0.3, 0.4) is 0 Å². The number of benzene rings is 1. The molecule has 1 aliphatic rings. The smallest absolute Gasteiger partial charge is 0.335 e. The van der Waals surface area contributed by atoms with Gasteiger partial charge in [-0.15, -0.1) is 5.11 Å². The molecule has 0 radical (unpaired) electrons. The van der Waals surface area contributed by atoms with Crippen LogP contribution in [0.1, 0.15) is 15.9 Å². The molecule has 1 aromatic rings. The number of allylic oxidation sites excluding steroid dienone is 3. The zero-order valence-electron chi connectivity index (χ0n) is 12.0. The standard InChI is InChI=1S/C14H13N3O5S/c1-10-5-6-12(8-13(10)14(18)19)23(21,22)16-15-9-11-4-2-3-7-17(11)20/h2-9,20H,1H3,(H,18,19). The minimum atomic E-state index is -4.14. The highest BCUT2D eigenvalue weighted by Crippen LogP contribution is 2.18. The summed E-state index contributed by atoms with van der Waals surface area (Å²) in [5.74, 6) is -1.23. The molecule has 120 valence electrons. The quantitative estimate of drug-likeness (QED) is 0.816. The lowest BCUT2D eigenvalue weighted by atomic mass is 10.1. The number of hydrogen-bond donors (Lipinski definition) is 2. The van der Waals surface area contributed by atoms with Crippen LogP contribution >= 0.6 is 0 Å².